The van der Waals surface area contributed by atoms with Crippen molar-refractivity contribution in [1.29, 1.82) is 5.26 Å². The van der Waals surface area contributed by atoms with Gasteiger partial charge in [0.1, 0.15) is 18.2 Å². The van der Waals surface area contributed by atoms with E-state index in [1.54, 1.807) is 18.2 Å². The monoisotopic (exact) mass is 442 g/mol. The number of nitrogens with zero attached hydrogens (tertiary/aromatic N) is 2. The Morgan fingerprint density at radius 1 is 1.39 bits per heavy atom. The molecule has 2 aromatic rings. The molecule has 0 saturated carbocycles. The molecule has 0 fully saturated rings. The number of allylic oxidation sites excluding steroid dienone is 1. The van der Waals surface area contributed by atoms with Crippen LogP contribution in [0.15, 0.2) is 59.1 Å². The van der Waals surface area contributed by atoms with Crippen molar-refractivity contribution in [3.63, 3.8) is 0 Å². The van der Waals surface area contributed by atoms with Crippen molar-refractivity contribution in [2.45, 2.75) is 0 Å². The first-order valence-corrected chi connectivity index (χ1v) is 8.72. The van der Waals surface area contributed by atoms with Crippen molar-refractivity contribution in [2.75, 3.05) is 13.7 Å². The average molecular weight is 443 g/mol. The van der Waals surface area contributed by atoms with E-state index in [0.29, 0.717) is 21.5 Å². The fourth-order valence-electron chi connectivity index (χ4n) is 2.34. The molecule has 0 aliphatic rings. The number of benzene rings is 2. The Hall–Kier alpha value is -3.44. The Morgan fingerprint density at radius 2 is 2.14 bits per heavy atom. The first-order chi connectivity index (χ1) is 13.4. The molecule has 0 bridgehead atoms. The minimum Gasteiger partial charge on any atom is -0.493 e. The van der Waals surface area contributed by atoms with Crippen LogP contribution in [-0.4, -0.2) is 24.4 Å². The zero-order valence-corrected chi connectivity index (χ0v) is 16.4. The number of methoxy groups -OCH3 is 1. The zero-order chi connectivity index (χ0) is 20.7. The first-order valence-electron chi connectivity index (χ1n) is 7.93. The van der Waals surface area contributed by atoms with Crippen LogP contribution < -0.4 is 9.47 Å². The maximum atomic E-state index is 12.6. The van der Waals surface area contributed by atoms with Gasteiger partial charge in [-0.15, -0.1) is 0 Å². The minimum atomic E-state index is -0.617. The number of ketones is 1. The third kappa shape index (κ3) is 4.84. The number of hydrogen-bond donors (Lipinski definition) is 0. The second-order valence-corrected chi connectivity index (χ2v) is 6.29. The molecule has 0 radical (unpaired) electrons. The van der Waals surface area contributed by atoms with E-state index in [2.05, 4.69) is 22.5 Å². The summed E-state index contributed by atoms with van der Waals surface area (Å²) in [6, 6.07) is 10.3. The van der Waals surface area contributed by atoms with Crippen LogP contribution in [0.3, 0.4) is 0 Å². The molecular formula is C20H15BrN2O5. The maximum Gasteiger partial charge on any atom is 0.270 e. The third-order valence-corrected chi connectivity index (χ3v) is 4.18. The SMILES string of the molecule is C=CCOc1c(Br)cc(C=C(C#N)C(=O)c2cccc([N+](=O)[O-])c2)cc1OC. The molecule has 142 valence electrons. The lowest BCUT2D eigenvalue weighted by molar-refractivity contribution is -0.384. The quantitative estimate of drug-likeness (QED) is 0.146. The summed E-state index contributed by atoms with van der Waals surface area (Å²) < 4.78 is 11.4. The van der Waals surface area contributed by atoms with E-state index in [1.165, 1.54) is 31.4 Å². The van der Waals surface area contributed by atoms with Gasteiger partial charge in [0.15, 0.2) is 11.5 Å². The molecule has 28 heavy (non-hydrogen) atoms. The van der Waals surface area contributed by atoms with Gasteiger partial charge >= 0.3 is 0 Å². The Balaban J connectivity index is 2.44. The van der Waals surface area contributed by atoms with Gasteiger partial charge in [-0.25, -0.2) is 0 Å². The minimum absolute atomic E-state index is 0.0546. The van der Waals surface area contributed by atoms with Crippen LogP contribution in [0.1, 0.15) is 15.9 Å². The van der Waals surface area contributed by atoms with Crippen molar-refractivity contribution in [3.8, 4) is 17.6 Å². The number of hydrogen-bond acceptors (Lipinski definition) is 6. The zero-order valence-electron chi connectivity index (χ0n) is 14.8. The van der Waals surface area contributed by atoms with Crippen LogP contribution in [0.25, 0.3) is 6.08 Å². The number of rotatable bonds is 8. The average Bonchev–Trinajstić information content (AvgIpc) is 2.70. The van der Waals surface area contributed by atoms with Crippen LogP contribution in [-0.2, 0) is 0 Å². The van der Waals surface area contributed by atoms with Crippen molar-refractivity contribution in [2.24, 2.45) is 0 Å². The van der Waals surface area contributed by atoms with Gasteiger partial charge in [0.05, 0.1) is 16.5 Å². The molecule has 2 rings (SSSR count). The summed E-state index contributed by atoms with van der Waals surface area (Å²) in [5, 5.41) is 20.3. The van der Waals surface area contributed by atoms with Gasteiger partial charge in [-0.2, -0.15) is 5.26 Å². The molecule has 8 heteroatoms. The number of halogens is 1. The van der Waals surface area contributed by atoms with Crippen molar-refractivity contribution in [1.82, 2.24) is 0 Å². The van der Waals surface area contributed by atoms with E-state index in [1.807, 2.05) is 6.07 Å². The van der Waals surface area contributed by atoms with E-state index in [-0.39, 0.29) is 23.4 Å². The second-order valence-electron chi connectivity index (χ2n) is 5.44. The standard InChI is InChI=1S/C20H15BrN2O5/c1-3-7-28-20-17(21)9-13(10-18(20)27-2)8-15(12-22)19(24)14-5-4-6-16(11-14)23(25)26/h3-6,8-11H,1,7H2,2H3. The molecular weight excluding hydrogens is 428 g/mol. The lowest BCUT2D eigenvalue weighted by Crippen LogP contribution is -2.03. The molecule has 0 aliphatic carbocycles. The van der Waals surface area contributed by atoms with Gasteiger partial charge < -0.3 is 9.47 Å². The predicted octanol–water partition coefficient (Wildman–Crippen LogP) is 4.72. The number of ether oxygens (including phenoxy) is 2. The highest BCUT2D eigenvalue weighted by molar-refractivity contribution is 9.10. The molecule has 0 spiro atoms. The van der Waals surface area contributed by atoms with Gasteiger partial charge in [-0.05, 0) is 39.7 Å². The number of carbonyl (C=O) groups is 1. The maximum absolute atomic E-state index is 12.6. The number of nitro benzene ring substituents is 1. The Kier molecular flexibility index (Phi) is 7.07. The van der Waals surface area contributed by atoms with E-state index in [0.717, 1.165) is 6.07 Å². The van der Waals surface area contributed by atoms with Gasteiger partial charge in [-0.3, -0.25) is 14.9 Å². The number of Topliss-reactive ketones (excluding diaryl/α,β-unsaturated/α-hetero) is 1. The Morgan fingerprint density at radius 3 is 2.75 bits per heavy atom. The summed E-state index contributed by atoms with van der Waals surface area (Å²) in [4.78, 5) is 22.9. The summed E-state index contributed by atoms with van der Waals surface area (Å²) in [6.07, 6.45) is 2.97. The fourth-order valence-corrected chi connectivity index (χ4v) is 2.91. The Bertz CT molecular complexity index is 1010. The highest BCUT2D eigenvalue weighted by Crippen LogP contribution is 2.37. The lowest BCUT2D eigenvalue weighted by atomic mass is 10.0. The van der Waals surface area contributed by atoms with E-state index in [9.17, 15) is 20.2 Å². The van der Waals surface area contributed by atoms with Crippen LogP contribution >= 0.6 is 15.9 Å². The molecule has 7 nitrogen and oxygen atoms in total. The van der Waals surface area contributed by atoms with Gasteiger partial charge in [0.2, 0.25) is 5.78 Å². The molecule has 2 aromatic carbocycles. The van der Waals surface area contributed by atoms with Gasteiger partial charge in [-0.1, -0.05) is 24.8 Å². The van der Waals surface area contributed by atoms with Crippen LogP contribution in [0.5, 0.6) is 11.5 Å². The Labute approximate surface area is 169 Å². The van der Waals surface area contributed by atoms with E-state index >= 15 is 0 Å². The summed E-state index contributed by atoms with van der Waals surface area (Å²) in [7, 11) is 1.47. The molecule has 0 unspecified atom stereocenters. The summed E-state index contributed by atoms with van der Waals surface area (Å²) >= 11 is 3.38. The number of nitriles is 1. The van der Waals surface area contributed by atoms with Crippen LogP contribution in [0, 0.1) is 21.4 Å². The molecule has 0 aromatic heterocycles. The van der Waals surface area contributed by atoms with E-state index in [4.69, 9.17) is 9.47 Å². The van der Waals surface area contributed by atoms with Gasteiger partial charge in [0, 0.05) is 17.7 Å². The topological polar surface area (TPSA) is 102 Å². The summed E-state index contributed by atoms with van der Waals surface area (Å²) in [6.45, 7) is 3.86. The van der Waals surface area contributed by atoms with Crippen molar-refractivity contribution < 1.29 is 19.2 Å². The smallest absolute Gasteiger partial charge is 0.270 e. The molecule has 0 aliphatic heterocycles. The molecule has 0 atom stereocenters. The van der Waals surface area contributed by atoms with Crippen LogP contribution in [0.2, 0.25) is 0 Å². The number of nitro groups is 1. The van der Waals surface area contributed by atoms with E-state index < -0.39 is 10.7 Å². The summed E-state index contributed by atoms with van der Waals surface area (Å²) in [5.41, 5.74) is 0.175. The largest absolute Gasteiger partial charge is 0.493 e. The predicted molar refractivity (Wildman–Crippen MR) is 107 cm³/mol. The highest BCUT2D eigenvalue weighted by atomic mass is 79.9. The fraction of sp³-hybridized carbons (Fsp3) is 0.100. The highest BCUT2D eigenvalue weighted by Gasteiger charge is 2.17. The summed E-state index contributed by atoms with van der Waals surface area (Å²) in [5.74, 6) is 0.249. The lowest BCUT2D eigenvalue weighted by Gasteiger charge is -2.12. The number of carbonyl (C=O) groups excluding carboxylic acids is 1. The number of non-ortho nitro benzene ring substituents is 1. The van der Waals surface area contributed by atoms with Gasteiger partial charge in [0.25, 0.3) is 5.69 Å². The molecule has 0 amide bonds. The normalized spacial score (nSPS) is 10.7. The van der Waals surface area contributed by atoms with Crippen LogP contribution in [0.4, 0.5) is 5.69 Å². The first kappa shape index (κ1) is 20.9. The molecule has 0 saturated heterocycles. The molecule has 0 heterocycles. The molecule has 0 N–H and O–H groups in total. The van der Waals surface area contributed by atoms with Crippen molar-refractivity contribution in [3.05, 3.63) is 80.3 Å². The second kappa shape index (κ2) is 9.48. The third-order valence-electron chi connectivity index (χ3n) is 3.59. The van der Waals surface area contributed by atoms with Crippen molar-refractivity contribution >= 4 is 33.5 Å².